The predicted octanol–water partition coefficient (Wildman–Crippen LogP) is 0.946. The van der Waals surface area contributed by atoms with Crippen LogP contribution in [0.1, 0.15) is 23.1 Å². The van der Waals surface area contributed by atoms with Crippen molar-refractivity contribution in [2.75, 3.05) is 6.61 Å². The number of ether oxygens (including phenoxy) is 1. The van der Waals surface area contributed by atoms with Gasteiger partial charge in [-0.25, -0.2) is 9.48 Å². The topological polar surface area (TPSA) is 82.8 Å². The van der Waals surface area contributed by atoms with Crippen molar-refractivity contribution in [2.45, 2.75) is 13.5 Å². The van der Waals surface area contributed by atoms with Crippen molar-refractivity contribution in [1.29, 1.82) is 0 Å². The highest BCUT2D eigenvalue weighted by Crippen LogP contribution is 2.14. The number of aromatic nitrogens is 5. The summed E-state index contributed by atoms with van der Waals surface area (Å²) in [5, 5.41) is 11.3. The van der Waals surface area contributed by atoms with Crippen LogP contribution < -0.4 is 0 Å². The highest BCUT2D eigenvalue weighted by Gasteiger charge is 2.17. The van der Waals surface area contributed by atoms with Crippen molar-refractivity contribution >= 4 is 17.6 Å². The summed E-state index contributed by atoms with van der Waals surface area (Å²) < 4.78 is 6.18. The Morgan fingerprint density at radius 2 is 2.39 bits per heavy atom. The average molecular weight is 268 g/mol. The lowest BCUT2D eigenvalue weighted by molar-refractivity contribution is 0.0505. The summed E-state index contributed by atoms with van der Waals surface area (Å²) in [6.45, 7) is 2.26. The van der Waals surface area contributed by atoms with Crippen LogP contribution in [-0.4, -0.2) is 37.8 Å². The second kappa shape index (κ2) is 5.54. The Hall–Kier alpha value is -2.02. The maximum Gasteiger partial charge on any atom is 0.378 e. The molecule has 0 amide bonds. The Morgan fingerprint density at radius 1 is 1.56 bits per heavy atom. The first-order chi connectivity index (χ1) is 8.72. The second-order valence-electron chi connectivity index (χ2n) is 3.35. The fourth-order valence-corrected chi connectivity index (χ4v) is 1.53. The van der Waals surface area contributed by atoms with E-state index >= 15 is 0 Å². The van der Waals surface area contributed by atoms with Gasteiger partial charge in [-0.15, -0.1) is 5.10 Å². The molecule has 0 fully saturated rings. The van der Waals surface area contributed by atoms with E-state index in [-0.39, 0.29) is 19.0 Å². The summed E-state index contributed by atoms with van der Waals surface area (Å²) in [7, 11) is 0. The highest BCUT2D eigenvalue weighted by atomic mass is 35.5. The van der Waals surface area contributed by atoms with E-state index in [0.29, 0.717) is 5.02 Å². The molecule has 2 aromatic rings. The van der Waals surface area contributed by atoms with E-state index in [4.69, 9.17) is 16.3 Å². The van der Waals surface area contributed by atoms with E-state index in [0.717, 1.165) is 5.56 Å². The molecule has 0 aliphatic heterocycles. The van der Waals surface area contributed by atoms with Crippen LogP contribution in [0.3, 0.4) is 0 Å². The van der Waals surface area contributed by atoms with Crippen LogP contribution in [0.25, 0.3) is 0 Å². The molecule has 2 rings (SSSR count). The van der Waals surface area contributed by atoms with Crippen LogP contribution in [-0.2, 0) is 11.3 Å². The summed E-state index contributed by atoms with van der Waals surface area (Å²) in [5.41, 5.74) is 0.768. The van der Waals surface area contributed by atoms with Crippen LogP contribution in [0.4, 0.5) is 0 Å². The number of hydrogen-bond acceptors (Lipinski definition) is 6. The molecule has 18 heavy (non-hydrogen) atoms. The van der Waals surface area contributed by atoms with Gasteiger partial charge in [0.05, 0.1) is 18.2 Å². The van der Waals surface area contributed by atoms with E-state index in [2.05, 4.69) is 20.5 Å². The van der Waals surface area contributed by atoms with Crippen LogP contribution in [0.15, 0.2) is 18.5 Å². The van der Waals surface area contributed by atoms with Gasteiger partial charge in [0.2, 0.25) is 0 Å². The van der Waals surface area contributed by atoms with Gasteiger partial charge in [0.15, 0.2) is 0 Å². The molecule has 0 atom stereocenters. The lowest BCUT2D eigenvalue weighted by Gasteiger charge is -2.05. The molecule has 0 aromatic carbocycles. The molecule has 2 aromatic heterocycles. The maximum absolute atomic E-state index is 11.6. The molecule has 0 saturated heterocycles. The molecule has 0 saturated carbocycles. The van der Waals surface area contributed by atoms with Crippen molar-refractivity contribution in [3.8, 4) is 0 Å². The molecule has 0 aliphatic rings. The Labute approximate surface area is 108 Å². The van der Waals surface area contributed by atoms with Gasteiger partial charge in [-0.1, -0.05) is 11.6 Å². The van der Waals surface area contributed by atoms with Gasteiger partial charge >= 0.3 is 5.97 Å². The first-order valence-electron chi connectivity index (χ1n) is 5.24. The van der Waals surface area contributed by atoms with Gasteiger partial charge in [0, 0.05) is 12.4 Å². The Morgan fingerprint density at radius 3 is 3.11 bits per heavy atom. The number of nitrogens with zero attached hydrogens (tertiary/aromatic N) is 5. The molecule has 94 valence electrons. The lowest BCUT2D eigenvalue weighted by atomic mass is 10.3. The SMILES string of the molecule is CCOC(=O)c1nnnn1Cc1ccncc1Cl. The number of carbonyl (C=O) groups excluding carboxylic acids is 1. The quantitative estimate of drug-likeness (QED) is 0.767. The molecule has 0 spiro atoms. The van der Waals surface area contributed by atoms with E-state index < -0.39 is 5.97 Å². The number of carbonyl (C=O) groups is 1. The summed E-state index contributed by atoms with van der Waals surface area (Å²) in [5.74, 6) is -0.516. The van der Waals surface area contributed by atoms with Crippen molar-refractivity contribution in [3.63, 3.8) is 0 Å². The highest BCUT2D eigenvalue weighted by molar-refractivity contribution is 6.31. The molecule has 0 N–H and O–H groups in total. The lowest BCUT2D eigenvalue weighted by Crippen LogP contribution is -2.15. The molecule has 0 unspecified atom stereocenters. The Kier molecular flexibility index (Phi) is 3.83. The third kappa shape index (κ3) is 2.62. The molecular weight excluding hydrogens is 258 g/mol. The zero-order valence-corrected chi connectivity index (χ0v) is 10.3. The number of rotatable bonds is 4. The third-order valence-electron chi connectivity index (χ3n) is 2.17. The minimum atomic E-state index is -0.562. The van der Waals surface area contributed by atoms with Gasteiger partial charge < -0.3 is 4.74 Å². The summed E-state index contributed by atoms with van der Waals surface area (Å²) >= 11 is 5.97. The van der Waals surface area contributed by atoms with E-state index in [9.17, 15) is 4.79 Å². The largest absolute Gasteiger partial charge is 0.460 e. The second-order valence-corrected chi connectivity index (χ2v) is 3.75. The number of halogens is 1. The number of pyridine rings is 1. The first-order valence-corrected chi connectivity index (χ1v) is 5.62. The molecule has 0 radical (unpaired) electrons. The number of tetrazole rings is 1. The van der Waals surface area contributed by atoms with E-state index in [1.54, 1.807) is 19.2 Å². The predicted molar refractivity (Wildman–Crippen MR) is 62.1 cm³/mol. The number of hydrogen-bond donors (Lipinski definition) is 0. The molecular formula is C10H10ClN5O2. The fraction of sp³-hybridized carbons (Fsp3) is 0.300. The van der Waals surface area contributed by atoms with Crippen LogP contribution >= 0.6 is 11.6 Å². The average Bonchev–Trinajstić information content (AvgIpc) is 2.81. The molecule has 2 heterocycles. The van der Waals surface area contributed by atoms with Crippen molar-refractivity contribution in [2.24, 2.45) is 0 Å². The molecule has 0 bridgehead atoms. The van der Waals surface area contributed by atoms with Crippen molar-refractivity contribution < 1.29 is 9.53 Å². The van der Waals surface area contributed by atoms with Gasteiger partial charge in [-0.05, 0) is 29.0 Å². The zero-order chi connectivity index (χ0) is 13.0. The fourth-order valence-electron chi connectivity index (χ4n) is 1.35. The standard InChI is InChI=1S/C10H10ClN5O2/c1-2-18-10(17)9-13-14-15-16(9)6-7-3-4-12-5-8(7)11/h3-5H,2,6H2,1H3. The van der Waals surface area contributed by atoms with Crippen LogP contribution in [0.2, 0.25) is 5.02 Å². The maximum atomic E-state index is 11.6. The monoisotopic (exact) mass is 267 g/mol. The summed E-state index contributed by atoms with van der Waals surface area (Å²) in [4.78, 5) is 15.4. The van der Waals surface area contributed by atoms with Gasteiger partial charge in [0.25, 0.3) is 5.82 Å². The zero-order valence-electron chi connectivity index (χ0n) is 9.58. The molecule has 8 heteroatoms. The smallest absolute Gasteiger partial charge is 0.378 e. The van der Waals surface area contributed by atoms with E-state index in [1.165, 1.54) is 10.9 Å². The summed E-state index contributed by atoms with van der Waals surface area (Å²) in [6, 6.07) is 1.74. The van der Waals surface area contributed by atoms with Gasteiger partial charge in [-0.2, -0.15) is 0 Å². The molecule has 0 aliphatic carbocycles. The minimum Gasteiger partial charge on any atom is -0.460 e. The van der Waals surface area contributed by atoms with Crippen LogP contribution in [0, 0.1) is 0 Å². The third-order valence-corrected chi connectivity index (χ3v) is 2.51. The first kappa shape index (κ1) is 12.4. The molecule has 7 nitrogen and oxygen atoms in total. The Balaban J connectivity index is 2.23. The van der Waals surface area contributed by atoms with Crippen molar-refractivity contribution in [1.82, 2.24) is 25.2 Å². The van der Waals surface area contributed by atoms with Gasteiger partial charge in [-0.3, -0.25) is 4.98 Å². The van der Waals surface area contributed by atoms with Crippen LogP contribution in [0.5, 0.6) is 0 Å². The Bertz CT molecular complexity index is 557. The summed E-state index contributed by atoms with van der Waals surface area (Å²) in [6.07, 6.45) is 3.13. The van der Waals surface area contributed by atoms with E-state index in [1.807, 2.05) is 0 Å². The normalized spacial score (nSPS) is 10.3. The van der Waals surface area contributed by atoms with Gasteiger partial charge in [0.1, 0.15) is 0 Å². The minimum absolute atomic E-state index is 0.0460. The number of esters is 1. The van der Waals surface area contributed by atoms with Crippen molar-refractivity contribution in [3.05, 3.63) is 34.9 Å².